The van der Waals surface area contributed by atoms with Gasteiger partial charge in [0, 0.05) is 81.2 Å². The highest BCUT2D eigenvalue weighted by Crippen LogP contribution is 2.47. The van der Waals surface area contributed by atoms with Crippen molar-refractivity contribution in [3.05, 3.63) is 77.5 Å². The van der Waals surface area contributed by atoms with Gasteiger partial charge in [0.1, 0.15) is 5.75 Å². The number of carboxylic acid groups (broad SMARTS) is 1. The maximum absolute atomic E-state index is 17.8. The third-order valence-corrected chi connectivity index (χ3v) is 10.6. The molecule has 10 nitrogen and oxygen atoms in total. The number of nitrogens with zero attached hydrogens (tertiary/aromatic N) is 4. The van der Waals surface area contributed by atoms with E-state index in [9.17, 15) is 27.9 Å². The molecule has 4 atom stereocenters. The van der Waals surface area contributed by atoms with Gasteiger partial charge in [-0.2, -0.15) is 13.2 Å². The van der Waals surface area contributed by atoms with E-state index in [-0.39, 0.29) is 51.8 Å². The molecule has 3 saturated heterocycles. The molecule has 0 saturated carbocycles. The Morgan fingerprint density at radius 2 is 1.67 bits per heavy atom. The Balaban J connectivity index is 1.34. The zero-order chi connectivity index (χ0) is 36.5. The number of aliphatic carboxylic acids is 1. The molecule has 1 N–H and O–H groups in total. The summed E-state index contributed by atoms with van der Waals surface area (Å²) in [5, 5.41) is 9.51. The molecule has 1 aromatic heterocycles. The number of aromatic nitrogens is 1. The zero-order valence-corrected chi connectivity index (χ0v) is 28.7. The van der Waals surface area contributed by atoms with Crippen LogP contribution in [0.25, 0.3) is 0 Å². The van der Waals surface area contributed by atoms with Gasteiger partial charge in [-0.15, -0.1) is 0 Å². The minimum Gasteiger partial charge on any atom is -0.497 e. The quantitative estimate of drug-likeness (QED) is 0.268. The lowest BCUT2D eigenvalue weighted by atomic mass is 9.85. The van der Waals surface area contributed by atoms with Gasteiger partial charge in [0.15, 0.2) is 0 Å². The summed E-state index contributed by atoms with van der Waals surface area (Å²) < 4.78 is 75.9. The lowest BCUT2D eigenvalue weighted by molar-refractivity contribution is -0.143. The maximum Gasteiger partial charge on any atom is 0.416 e. The average molecular weight is 715 g/mol. The minimum absolute atomic E-state index is 0.0703. The van der Waals surface area contributed by atoms with E-state index in [1.54, 1.807) is 52.4 Å². The van der Waals surface area contributed by atoms with Crippen LogP contribution in [0.1, 0.15) is 41.4 Å². The number of carbonyl (C=O) groups is 2. The number of rotatable bonds is 10. The molecule has 0 aliphatic carbocycles. The van der Waals surface area contributed by atoms with Gasteiger partial charge >= 0.3 is 12.1 Å². The molecule has 4 heterocycles. The number of benzene rings is 2. The molecule has 2 aromatic carbocycles. The van der Waals surface area contributed by atoms with Crippen LogP contribution in [0.2, 0.25) is 0 Å². The highest BCUT2D eigenvalue weighted by molar-refractivity contribution is 5.89. The second-order valence-corrected chi connectivity index (χ2v) is 13.5. The molecule has 14 heteroatoms. The van der Waals surface area contributed by atoms with Crippen molar-refractivity contribution >= 4 is 23.3 Å². The van der Waals surface area contributed by atoms with E-state index in [0.29, 0.717) is 47.0 Å². The number of piperidine rings is 1. The van der Waals surface area contributed by atoms with Gasteiger partial charge in [0.25, 0.3) is 5.91 Å². The summed E-state index contributed by atoms with van der Waals surface area (Å²) in [4.78, 5) is 35.4. The first kappa shape index (κ1) is 36.2. The first-order valence-electron chi connectivity index (χ1n) is 16.9. The van der Waals surface area contributed by atoms with Crippen molar-refractivity contribution in [1.82, 2.24) is 9.88 Å². The van der Waals surface area contributed by atoms with E-state index >= 15 is 4.39 Å². The average Bonchev–Trinajstić information content (AvgIpc) is 3.72. The van der Waals surface area contributed by atoms with Gasteiger partial charge in [-0.1, -0.05) is 18.2 Å². The van der Waals surface area contributed by atoms with E-state index in [2.05, 4.69) is 4.98 Å². The number of pyridine rings is 1. The number of anilines is 2. The van der Waals surface area contributed by atoms with Crippen LogP contribution < -0.4 is 19.3 Å². The largest absolute Gasteiger partial charge is 0.497 e. The number of alkyl halides is 4. The smallest absolute Gasteiger partial charge is 0.416 e. The number of likely N-dealkylation sites (tertiary alicyclic amines) is 1. The molecule has 0 spiro atoms. The summed E-state index contributed by atoms with van der Waals surface area (Å²) in [6.07, 6.45) is -2.46. The maximum atomic E-state index is 17.8. The SMILES string of the molecule is COC[C@H]1CN(C(=O)[C@]2(F)CN(c3ccnc(OC)c3)C[C@H]2c2ccc(OC)cc2)C[C@@H]1c1ccc(C(F)(F)F)cc1N1CCC(C(=O)O)CC1. The fourth-order valence-corrected chi connectivity index (χ4v) is 7.85. The molecule has 3 fully saturated rings. The molecule has 0 bridgehead atoms. The van der Waals surface area contributed by atoms with Crippen molar-refractivity contribution < 1.29 is 46.5 Å². The van der Waals surface area contributed by atoms with Crippen LogP contribution in [0, 0.1) is 11.8 Å². The molecule has 0 unspecified atom stereocenters. The van der Waals surface area contributed by atoms with Crippen LogP contribution in [0.3, 0.4) is 0 Å². The monoisotopic (exact) mass is 714 g/mol. The standard InChI is InChI=1S/C37H42F4N4O6/c1-49-21-25-18-44(19-30(25)29-9-6-26(37(39,40)41)16-32(29)43-14-11-24(12-15-43)34(46)47)35(48)36(38)22-45(27-10-13-42-33(17-27)51-3)20-31(36)23-4-7-28(50-2)8-5-23/h4-10,13,16-17,24-25,30-31H,11-12,14-15,18-22H2,1-3H3,(H,46,47)/t25-,30+,31+,36+/m1/s1. The Bertz CT molecular complexity index is 1720. The number of carbonyl (C=O) groups excluding carboxylic acids is 1. The number of halogens is 4. The Morgan fingerprint density at radius 1 is 0.941 bits per heavy atom. The van der Waals surface area contributed by atoms with Crippen molar-refractivity contribution in [1.29, 1.82) is 0 Å². The van der Waals surface area contributed by atoms with Crippen LogP contribution >= 0.6 is 0 Å². The van der Waals surface area contributed by atoms with Crippen LogP contribution in [0.4, 0.5) is 28.9 Å². The van der Waals surface area contributed by atoms with Gasteiger partial charge in [-0.05, 0) is 54.3 Å². The van der Waals surface area contributed by atoms with Gasteiger partial charge in [-0.25, -0.2) is 9.37 Å². The predicted molar refractivity (Wildman–Crippen MR) is 181 cm³/mol. The fraction of sp³-hybridized carbons (Fsp3) is 0.486. The Morgan fingerprint density at radius 3 is 2.29 bits per heavy atom. The molecule has 1 amide bonds. The molecule has 51 heavy (non-hydrogen) atoms. The third kappa shape index (κ3) is 7.28. The summed E-state index contributed by atoms with van der Waals surface area (Å²) in [5.41, 5.74) is -0.983. The number of amides is 1. The van der Waals surface area contributed by atoms with E-state index in [0.717, 1.165) is 12.1 Å². The summed E-state index contributed by atoms with van der Waals surface area (Å²) in [5.74, 6) is -2.92. The van der Waals surface area contributed by atoms with Gasteiger partial charge in [0.2, 0.25) is 11.5 Å². The van der Waals surface area contributed by atoms with Crippen LogP contribution in [0.5, 0.6) is 11.6 Å². The van der Waals surface area contributed by atoms with E-state index < -0.39 is 47.0 Å². The van der Waals surface area contributed by atoms with Crippen LogP contribution in [0.15, 0.2) is 60.8 Å². The van der Waals surface area contributed by atoms with Crippen LogP contribution in [-0.4, -0.2) is 99.7 Å². The van der Waals surface area contributed by atoms with Crippen LogP contribution in [-0.2, 0) is 20.5 Å². The summed E-state index contributed by atoms with van der Waals surface area (Å²) in [6, 6.07) is 14.0. The van der Waals surface area contributed by atoms with E-state index in [1.807, 2.05) is 0 Å². The van der Waals surface area contributed by atoms with Crippen molar-refractivity contribution in [2.75, 3.05) is 77.0 Å². The molecular formula is C37H42F4N4O6. The normalized spacial score (nSPS) is 24.2. The van der Waals surface area contributed by atoms with Crippen molar-refractivity contribution in [2.45, 2.75) is 36.5 Å². The van der Waals surface area contributed by atoms with Gasteiger partial charge < -0.3 is 34.0 Å². The second-order valence-electron chi connectivity index (χ2n) is 13.5. The molecule has 3 aliphatic rings. The Kier molecular flexibility index (Phi) is 10.3. The minimum atomic E-state index is -4.60. The zero-order valence-electron chi connectivity index (χ0n) is 28.7. The number of hydrogen-bond donors (Lipinski definition) is 1. The number of methoxy groups -OCH3 is 3. The first-order valence-corrected chi connectivity index (χ1v) is 16.9. The Hall–Kier alpha value is -4.59. The van der Waals surface area contributed by atoms with Gasteiger partial charge in [-0.3, -0.25) is 9.59 Å². The molecule has 6 rings (SSSR count). The number of ether oxygens (including phenoxy) is 3. The molecule has 274 valence electrons. The van der Waals surface area contributed by atoms with E-state index in [1.165, 1.54) is 32.3 Å². The van der Waals surface area contributed by atoms with Gasteiger partial charge in [0.05, 0.1) is 38.9 Å². The summed E-state index contributed by atoms with van der Waals surface area (Å²) in [6.45, 7) is 0.889. The van der Waals surface area contributed by atoms with Crippen molar-refractivity contribution in [3.8, 4) is 11.6 Å². The molecule has 3 aromatic rings. The van der Waals surface area contributed by atoms with E-state index in [4.69, 9.17) is 14.2 Å². The highest BCUT2D eigenvalue weighted by Gasteiger charge is 2.57. The highest BCUT2D eigenvalue weighted by atomic mass is 19.4. The molecule has 0 radical (unpaired) electrons. The number of hydrogen-bond acceptors (Lipinski definition) is 8. The molecule has 3 aliphatic heterocycles. The number of carboxylic acids is 1. The fourth-order valence-electron chi connectivity index (χ4n) is 7.85. The summed E-state index contributed by atoms with van der Waals surface area (Å²) in [7, 11) is 4.53. The van der Waals surface area contributed by atoms with Crippen molar-refractivity contribution in [3.63, 3.8) is 0 Å². The lowest BCUT2D eigenvalue weighted by Gasteiger charge is -2.35. The first-order chi connectivity index (χ1) is 24.4. The van der Waals surface area contributed by atoms with Crippen molar-refractivity contribution in [2.24, 2.45) is 11.8 Å². The molecular weight excluding hydrogens is 672 g/mol. The predicted octanol–water partition coefficient (Wildman–Crippen LogP) is 5.62. The Labute approximate surface area is 293 Å². The second kappa shape index (κ2) is 14.6. The lowest BCUT2D eigenvalue weighted by Crippen LogP contribution is -2.50. The topological polar surface area (TPSA) is 105 Å². The summed E-state index contributed by atoms with van der Waals surface area (Å²) >= 11 is 0. The third-order valence-electron chi connectivity index (χ3n) is 10.6.